The van der Waals surface area contributed by atoms with E-state index in [0.717, 1.165) is 16.7 Å². The topological polar surface area (TPSA) is 93.1 Å². The highest BCUT2D eigenvalue weighted by Gasteiger charge is 2.36. The van der Waals surface area contributed by atoms with Gasteiger partial charge < -0.3 is 14.6 Å². The zero-order valence-electron chi connectivity index (χ0n) is 14.1. The predicted molar refractivity (Wildman–Crippen MR) is 93.1 cm³/mol. The molecule has 1 saturated heterocycles. The molecule has 134 valence electrons. The zero-order valence-corrected chi connectivity index (χ0v) is 15.0. The molecule has 0 bridgehead atoms. The van der Waals surface area contributed by atoms with Crippen LogP contribution in [0.25, 0.3) is 6.08 Å². The van der Waals surface area contributed by atoms with Crippen LogP contribution in [0, 0.1) is 5.92 Å². The lowest BCUT2D eigenvalue weighted by atomic mass is 10.2. The van der Waals surface area contributed by atoms with Crippen LogP contribution in [0.5, 0.6) is 11.5 Å². The maximum absolute atomic E-state index is 12.3. The van der Waals surface area contributed by atoms with E-state index in [1.165, 1.54) is 19.3 Å². The van der Waals surface area contributed by atoms with Gasteiger partial charge in [-0.25, -0.2) is 0 Å². The Morgan fingerprint density at radius 3 is 2.72 bits per heavy atom. The van der Waals surface area contributed by atoms with Crippen LogP contribution in [0.15, 0.2) is 23.1 Å². The first-order valence-corrected chi connectivity index (χ1v) is 8.41. The van der Waals surface area contributed by atoms with Gasteiger partial charge >= 0.3 is 5.97 Å². The Kier molecular flexibility index (Phi) is 6.08. The highest BCUT2D eigenvalue weighted by molar-refractivity contribution is 8.18. The Morgan fingerprint density at radius 1 is 1.36 bits per heavy atom. The lowest BCUT2D eigenvalue weighted by Crippen LogP contribution is -2.34. The Bertz CT molecular complexity index is 728. The number of methoxy groups -OCH3 is 1. The second-order valence-corrected chi connectivity index (χ2v) is 6.77. The van der Waals surface area contributed by atoms with Gasteiger partial charge in [-0.3, -0.25) is 19.3 Å². The molecule has 7 nitrogen and oxygen atoms in total. The molecule has 1 N–H and O–H groups in total. The molecule has 0 radical (unpaired) electrons. The van der Waals surface area contributed by atoms with Crippen molar-refractivity contribution >= 4 is 35.0 Å². The van der Waals surface area contributed by atoms with E-state index in [4.69, 9.17) is 9.47 Å². The van der Waals surface area contributed by atoms with E-state index < -0.39 is 23.7 Å². The van der Waals surface area contributed by atoms with E-state index in [9.17, 15) is 19.5 Å². The van der Waals surface area contributed by atoms with Crippen molar-refractivity contribution in [1.82, 2.24) is 4.90 Å². The number of amides is 2. The van der Waals surface area contributed by atoms with E-state index in [-0.39, 0.29) is 28.9 Å². The molecule has 1 fully saturated rings. The third kappa shape index (κ3) is 4.76. The summed E-state index contributed by atoms with van der Waals surface area (Å²) in [6, 6.07) is 4.56. The monoisotopic (exact) mass is 365 g/mol. The van der Waals surface area contributed by atoms with Gasteiger partial charge in [-0.05, 0) is 41.5 Å². The van der Waals surface area contributed by atoms with Gasteiger partial charge in [-0.1, -0.05) is 19.9 Å². The van der Waals surface area contributed by atoms with E-state index >= 15 is 0 Å². The van der Waals surface area contributed by atoms with Crippen LogP contribution in [0.3, 0.4) is 0 Å². The van der Waals surface area contributed by atoms with E-state index in [0.29, 0.717) is 5.56 Å². The first-order valence-electron chi connectivity index (χ1n) is 7.59. The van der Waals surface area contributed by atoms with Gasteiger partial charge in [0.05, 0.1) is 18.6 Å². The molecular weight excluding hydrogens is 346 g/mol. The minimum absolute atomic E-state index is 0.0272. The Balaban J connectivity index is 2.11. The lowest BCUT2D eigenvalue weighted by Gasteiger charge is -2.12. The molecular formula is C17H19NO6S. The van der Waals surface area contributed by atoms with Gasteiger partial charge in [0.2, 0.25) is 0 Å². The van der Waals surface area contributed by atoms with Crippen LogP contribution in [0.1, 0.15) is 19.4 Å². The maximum atomic E-state index is 12.3. The van der Waals surface area contributed by atoms with E-state index in [1.54, 1.807) is 12.1 Å². The molecule has 1 aromatic carbocycles. The quantitative estimate of drug-likeness (QED) is 0.612. The number of esters is 1. The molecule has 0 saturated carbocycles. The number of carbonyl (C=O) groups excluding carboxylic acids is 3. The smallest absolute Gasteiger partial charge is 0.326 e. The highest BCUT2D eigenvalue weighted by atomic mass is 32.2. The maximum Gasteiger partial charge on any atom is 0.326 e. The fourth-order valence-electron chi connectivity index (χ4n) is 2.01. The molecule has 2 amide bonds. The molecule has 0 atom stereocenters. The number of nitrogens with zero attached hydrogens (tertiary/aromatic N) is 1. The van der Waals surface area contributed by atoms with Crippen LogP contribution < -0.4 is 4.74 Å². The van der Waals surface area contributed by atoms with Gasteiger partial charge in [-0.2, -0.15) is 0 Å². The van der Waals surface area contributed by atoms with Crippen LogP contribution in [-0.4, -0.2) is 47.4 Å². The number of rotatable bonds is 6. The van der Waals surface area contributed by atoms with Crippen molar-refractivity contribution in [3.63, 3.8) is 0 Å². The number of carbonyl (C=O) groups is 3. The summed E-state index contributed by atoms with van der Waals surface area (Å²) in [4.78, 5) is 37.1. The predicted octanol–water partition coefficient (Wildman–Crippen LogP) is 2.64. The Hall–Kier alpha value is -2.48. The first kappa shape index (κ1) is 18.9. The number of phenols is 1. The number of phenolic OH excluding ortho intramolecular Hbond substituents is 1. The minimum Gasteiger partial charge on any atom is -0.504 e. The molecule has 1 aliphatic rings. The third-order valence-electron chi connectivity index (χ3n) is 3.24. The van der Waals surface area contributed by atoms with Crippen LogP contribution >= 0.6 is 11.8 Å². The number of benzene rings is 1. The number of ether oxygens (including phenoxy) is 2. The van der Waals surface area contributed by atoms with Crippen LogP contribution in [-0.2, 0) is 14.3 Å². The van der Waals surface area contributed by atoms with E-state index in [2.05, 4.69) is 0 Å². The Labute approximate surface area is 149 Å². The van der Waals surface area contributed by atoms with Gasteiger partial charge in [0.1, 0.15) is 6.54 Å². The summed E-state index contributed by atoms with van der Waals surface area (Å²) in [5.74, 6) is -0.777. The minimum atomic E-state index is -0.622. The van der Waals surface area contributed by atoms with Crippen molar-refractivity contribution in [2.75, 3.05) is 20.3 Å². The van der Waals surface area contributed by atoms with Crippen LogP contribution in [0.4, 0.5) is 4.79 Å². The average molecular weight is 365 g/mol. The Morgan fingerprint density at radius 2 is 2.08 bits per heavy atom. The molecule has 1 heterocycles. The molecule has 0 aliphatic carbocycles. The fraction of sp³-hybridized carbons (Fsp3) is 0.353. The molecule has 25 heavy (non-hydrogen) atoms. The number of thioether (sulfide) groups is 1. The number of aromatic hydroxyl groups is 1. The highest BCUT2D eigenvalue weighted by Crippen LogP contribution is 2.34. The summed E-state index contributed by atoms with van der Waals surface area (Å²) in [5.41, 5.74) is 0.586. The van der Waals surface area contributed by atoms with E-state index in [1.807, 2.05) is 13.8 Å². The van der Waals surface area contributed by atoms with Gasteiger partial charge in [0.25, 0.3) is 11.1 Å². The second kappa shape index (κ2) is 8.06. The molecule has 1 aliphatic heterocycles. The number of hydrogen-bond acceptors (Lipinski definition) is 7. The largest absolute Gasteiger partial charge is 0.504 e. The van der Waals surface area contributed by atoms with Crippen molar-refractivity contribution in [2.45, 2.75) is 13.8 Å². The lowest BCUT2D eigenvalue weighted by molar-refractivity contribution is -0.147. The summed E-state index contributed by atoms with van der Waals surface area (Å²) in [6.07, 6.45) is 1.51. The van der Waals surface area contributed by atoms with Gasteiger partial charge in [-0.15, -0.1) is 0 Å². The van der Waals surface area contributed by atoms with Gasteiger partial charge in [0.15, 0.2) is 11.5 Å². The second-order valence-electron chi connectivity index (χ2n) is 5.78. The third-order valence-corrected chi connectivity index (χ3v) is 4.15. The van der Waals surface area contributed by atoms with Crippen molar-refractivity contribution in [3.8, 4) is 11.5 Å². The SMILES string of the molecule is COc1cc(/C=C2/SC(=O)N(CC(=O)OCC(C)C)C2=O)ccc1O. The average Bonchev–Trinajstić information content (AvgIpc) is 2.82. The molecule has 1 aromatic rings. The molecule has 2 rings (SSSR count). The molecule has 0 spiro atoms. The fourth-order valence-corrected chi connectivity index (χ4v) is 2.84. The first-order chi connectivity index (χ1) is 11.8. The van der Waals surface area contributed by atoms with Crippen molar-refractivity contribution in [3.05, 3.63) is 28.7 Å². The summed E-state index contributed by atoms with van der Waals surface area (Å²) >= 11 is 0.748. The zero-order chi connectivity index (χ0) is 18.6. The van der Waals surface area contributed by atoms with Crippen molar-refractivity contribution in [1.29, 1.82) is 0 Å². The molecule has 0 unspecified atom stereocenters. The van der Waals surface area contributed by atoms with Crippen molar-refractivity contribution in [2.24, 2.45) is 5.92 Å². The number of imide groups is 1. The van der Waals surface area contributed by atoms with Gasteiger partial charge in [0, 0.05) is 0 Å². The summed E-state index contributed by atoms with van der Waals surface area (Å²) in [6.45, 7) is 3.61. The van der Waals surface area contributed by atoms with Crippen LogP contribution in [0.2, 0.25) is 0 Å². The number of hydrogen-bond donors (Lipinski definition) is 1. The van der Waals surface area contributed by atoms with Crippen molar-refractivity contribution < 1.29 is 29.0 Å². The standard InChI is InChI=1S/C17H19NO6S/c1-10(2)9-24-15(20)8-18-16(21)14(25-17(18)22)7-11-4-5-12(19)13(6-11)23-3/h4-7,10,19H,8-9H2,1-3H3/b14-7+. The normalized spacial score (nSPS) is 16.0. The molecule has 8 heteroatoms. The summed E-state index contributed by atoms with van der Waals surface area (Å²) < 4.78 is 10.0. The summed E-state index contributed by atoms with van der Waals surface area (Å²) in [7, 11) is 1.41. The summed E-state index contributed by atoms with van der Waals surface area (Å²) in [5, 5.41) is 9.06. The molecule has 0 aromatic heterocycles.